The van der Waals surface area contributed by atoms with Crippen LogP contribution in [0.2, 0.25) is 0 Å². The lowest BCUT2D eigenvalue weighted by molar-refractivity contribution is 0.186. The molecule has 0 saturated carbocycles. The maximum Gasteiger partial charge on any atom is 0.134 e. The number of furan rings is 1. The van der Waals surface area contributed by atoms with Crippen LogP contribution in [0.15, 0.2) is 47.0 Å². The first-order valence-corrected chi connectivity index (χ1v) is 8.66. The van der Waals surface area contributed by atoms with E-state index in [-0.39, 0.29) is 6.61 Å². The highest BCUT2D eigenvalue weighted by Crippen LogP contribution is 2.28. The molecule has 4 rings (SSSR count). The van der Waals surface area contributed by atoms with Gasteiger partial charge >= 0.3 is 0 Å². The van der Waals surface area contributed by atoms with Crippen LogP contribution >= 0.6 is 0 Å². The Morgan fingerprint density at radius 2 is 2.17 bits per heavy atom. The Labute approximate surface area is 141 Å². The van der Waals surface area contributed by atoms with Crippen LogP contribution in [0.25, 0.3) is 11.0 Å². The van der Waals surface area contributed by atoms with Crippen LogP contribution in [0.3, 0.4) is 0 Å². The topological polar surface area (TPSA) is 54.4 Å². The van der Waals surface area contributed by atoms with Gasteiger partial charge in [0.05, 0.1) is 25.4 Å². The second-order valence-corrected chi connectivity index (χ2v) is 6.55. The van der Waals surface area contributed by atoms with Gasteiger partial charge in [-0.3, -0.25) is 9.58 Å². The van der Waals surface area contributed by atoms with E-state index >= 15 is 0 Å². The molecule has 1 atom stereocenters. The number of aromatic nitrogens is 2. The third-order valence-corrected chi connectivity index (χ3v) is 4.77. The van der Waals surface area contributed by atoms with E-state index < -0.39 is 0 Å². The third kappa shape index (κ3) is 3.23. The minimum atomic E-state index is 0.129. The number of hydrogen-bond donors (Lipinski definition) is 1. The first-order chi connectivity index (χ1) is 11.8. The minimum Gasteiger partial charge on any atom is -0.460 e. The molecule has 2 aromatic heterocycles. The molecular weight excluding hydrogens is 302 g/mol. The van der Waals surface area contributed by atoms with Crippen LogP contribution in [0.5, 0.6) is 0 Å². The van der Waals surface area contributed by atoms with E-state index in [0.717, 1.165) is 36.7 Å². The van der Waals surface area contributed by atoms with Crippen molar-refractivity contribution in [2.24, 2.45) is 0 Å². The standard InChI is InChI=1S/C19H23N3O2/c23-11-10-22-9-7-18(20-22)16-5-3-8-21(13-16)14-17-12-15-4-1-2-6-19(15)24-17/h1-2,4,6-7,9,12,16,23H,3,5,8,10-11,13-14H2/t16-/m0/s1. The Balaban J connectivity index is 1.44. The SMILES string of the molecule is OCCn1ccc([C@H]2CCCN(Cc3cc4ccccc4o3)C2)n1. The first-order valence-electron chi connectivity index (χ1n) is 8.66. The highest BCUT2D eigenvalue weighted by atomic mass is 16.3. The summed E-state index contributed by atoms with van der Waals surface area (Å²) in [4.78, 5) is 2.46. The maximum absolute atomic E-state index is 9.03. The van der Waals surface area contributed by atoms with Crippen LogP contribution in [-0.2, 0) is 13.1 Å². The van der Waals surface area contributed by atoms with Gasteiger partial charge < -0.3 is 9.52 Å². The van der Waals surface area contributed by atoms with E-state index in [2.05, 4.69) is 28.2 Å². The van der Waals surface area contributed by atoms with Gasteiger partial charge in [-0.05, 0) is 37.6 Å². The summed E-state index contributed by atoms with van der Waals surface area (Å²) in [6.45, 7) is 3.65. The van der Waals surface area contributed by atoms with Crippen molar-refractivity contribution in [2.45, 2.75) is 31.8 Å². The van der Waals surface area contributed by atoms with E-state index in [1.807, 2.05) is 29.1 Å². The highest BCUT2D eigenvalue weighted by Gasteiger charge is 2.24. The molecule has 0 aliphatic carbocycles. The Hall–Kier alpha value is -2.11. The van der Waals surface area contributed by atoms with Crippen molar-refractivity contribution in [3.63, 3.8) is 0 Å². The Morgan fingerprint density at radius 3 is 3.04 bits per heavy atom. The molecule has 5 nitrogen and oxygen atoms in total. The van der Waals surface area contributed by atoms with Gasteiger partial charge in [0, 0.05) is 24.0 Å². The van der Waals surface area contributed by atoms with E-state index in [4.69, 9.17) is 9.52 Å². The third-order valence-electron chi connectivity index (χ3n) is 4.77. The van der Waals surface area contributed by atoms with Crippen LogP contribution in [0.1, 0.15) is 30.2 Å². The van der Waals surface area contributed by atoms with Crippen molar-refractivity contribution in [1.82, 2.24) is 14.7 Å². The second kappa shape index (κ2) is 6.79. The van der Waals surface area contributed by atoms with Gasteiger partial charge in [0.15, 0.2) is 0 Å². The number of piperidine rings is 1. The molecule has 0 unspecified atom stereocenters. The Kier molecular flexibility index (Phi) is 4.36. The number of para-hydroxylation sites is 1. The number of aliphatic hydroxyl groups excluding tert-OH is 1. The summed E-state index contributed by atoms with van der Waals surface area (Å²) in [5.41, 5.74) is 2.10. The summed E-state index contributed by atoms with van der Waals surface area (Å²) >= 11 is 0. The normalized spacial score (nSPS) is 19.1. The van der Waals surface area contributed by atoms with Gasteiger partial charge in [-0.15, -0.1) is 0 Å². The lowest BCUT2D eigenvalue weighted by Crippen LogP contribution is -2.34. The number of benzene rings is 1. The predicted molar refractivity (Wildman–Crippen MR) is 92.8 cm³/mol. The highest BCUT2D eigenvalue weighted by molar-refractivity contribution is 5.77. The number of aliphatic hydroxyl groups is 1. The van der Waals surface area contributed by atoms with Crippen molar-refractivity contribution in [3.8, 4) is 0 Å². The molecule has 1 aromatic carbocycles. The summed E-state index contributed by atoms with van der Waals surface area (Å²) in [6.07, 6.45) is 4.31. The van der Waals surface area contributed by atoms with E-state index in [0.29, 0.717) is 12.5 Å². The van der Waals surface area contributed by atoms with Gasteiger partial charge in [-0.1, -0.05) is 18.2 Å². The first kappa shape index (κ1) is 15.4. The fourth-order valence-electron chi connectivity index (χ4n) is 3.60. The molecule has 1 saturated heterocycles. The zero-order chi connectivity index (χ0) is 16.4. The average Bonchev–Trinajstić information content (AvgIpc) is 3.21. The van der Waals surface area contributed by atoms with Crippen LogP contribution < -0.4 is 0 Å². The smallest absolute Gasteiger partial charge is 0.134 e. The quantitative estimate of drug-likeness (QED) is 0.783. The summed E-state index contributed by atoms with van der Waals surface area (Å²) < 4.78 is 7.79. The van der Waals surface area contributed by atoms with E-state index in [1.54, 1.807) is 0 Å². The van der Waals surface area contributed by atoms with Crippen molar-refractivity contribution < 1.29 is 9.52 Å². The second-order valence-electron chi connectivity index (χ2n) is 6.55. The number of likely N-dealkylation sites (tertiary alicyclic amines) is 1. The monoisotopic (exact) mass is 325 g/mol. The molecule has 126 valence electrons. The zero-order valence-corrected chi connectivity index (χ0v) is 13.8. The van der Waals surface area contributed by atoms with Gasteiger partial charge in [-0.2, -0.15) is 5.10 Å². The fraction of sp³-hybridized carbons (Fsp3) is 0.421. The minimum absolute atomic E-state index is 0.129. The molecule has 0 radical (unpaired) electrons. The van der Waals surface area contributed by atoms with Gasteiger partial charge in [0.2, 0.25) is 0 Å². The van der Waals surface area contributed by atoms with Crippen LogP contribution in [0.4, 0.5) is 0 Å². The van der Waals surface area contributed by atoms with E-state index in [1.165, 1.54) is 18.2 Å². The Morgan fingerprint density at radius 1 is 1.25 bits per heavy atom. The van der Waals surface area contributed by atoms with Crippen LogP contribution in [0, 0.1) is 0 Å². The van der Waals surface area contributed by atoms with Gasteiger partial charge in [-0.25, -0.2) is 0 Å². The molecule has 0 bridgehead atoms. The average molecular weight is 325 g/mol. The largest absolute Gasteiger partial charge is 0.460 e. The lowest BCUT2D eigenvalue weighted by atomic mass is 9.95. The zero-order valence-electron chi connectivity index (χ0n) is 13.8. The molecule has 1 fully saturated rings. The van der Waals surface area contributed by atoms with Crippen molar-refractivity contribution in [3.05, 3.63) is 54.0 Å². The predicted octanol–water partition coefficient (Wildman–Crippen LogP) is 3.00. The van der Waals surface area contributed by atoms with Gasteiger partial charge in [0.25, 0.3) is 0 Å². The van der Waals surface area contributed by atoms with Crippen molar-refractivity contribution in [2.75, 3.05) is 19.7 Å². The molecule has 0 spiro atoms. The number of rotatable bonds is 5. The fourth-order valence-corrected chi connectivity index (χ4v) is 3.60. The maximum atomic E-state index is 9.03. The molecule has 24 heavy (non-hydrogen) atoms. The molecule has 1 N–H and O–H groups in total. The Bertz CT molecular complexity index is 775. The number of nitrogens with zero attached hydrogens (tertiary/aromatic N) is 3. The van der Waals surface area contributed by atoms with Crippen molar-refractivity contribution >= 4 is 11.0 Å². The number of hydrogen-bond acceptors (Lipinski definition) is 4. The van der Waals surface area contributed by atoms with Gasteiger partial charge in [0.1, 0.15) is 11.3 Å². The summed E-state index contributed by atoms with van der Waals surface area (Å²) in [6, 6.07) is 12.4. The lowest BCUT2D eigenvalue weighted by Gasteiger charge is -2.31. The molecule has 3 aromatic rings. The molecule has 1 aliphatic rings. The summed E-state index contributed by atoms with van der Waals surface area (Å²) in [7, 11) is 0. The molecule has 5 heteroatoms. The summed E-state index contributed by atoms with van der Waals surface area (Å²) in [5, 5.41) is 14.8. The summed E-state index contributed by atoms with van der Waals surface area (Å²) in [5.74, 6) is 1.49. The molecular formula is C19H23N3O2. The molecule has 0 amide bonds. The van der Waals surface area contributed by atoms with Crippen molar-refractivity contribution in [1.29, 1.82) is 0 Å². The molecule has 1 aliphatic heterocycles. The number of fused-ring (bicyclic) bond motifs is 1. The van der Waals surface area contributed by atoms with E-state index in [9.17, 15) is 0 Å². The van der Waals surface area contributed by atoms with Crippen LogP contribution in [-0.4, -0.2) is 39.5 Å². The molecule has 3 heterocycles.